The molecular formula is C26H38N4O3. The Morgan fingerprint density at radius 2 is 2.06 bits per heavy atom. The first-order chi connectivity index (χ1) is 15.9. The molecule has 1 aromatic heterocycles. The number of nitrogens with zero attached hydrogens (tertiary/aromatic N) is 4. The van der Waals surface area contributed by atoms with Crippen LogP contribution in [0.25, 0.3) is 0 Å². The van der Waals surface area contributed by atoms with Gasteiger partial charge in [0.2, 0.25) is 5.91 Å². The van der Waals surface area contributed by atoms with E-state index in [0.717, 1.165) is 79.4 Å². The topological polar surface area (TPSA) is 71.7 Å². The second kappa shape index (κ2) is 10.6. The molecular weight excluding hydrogens is 416 g/mol. The first kappa shape index (κ1) is 23.6. The van der Waals surface area contributed by atoms with Crippen molar-refractivity contribution in [2.45, 2.75) is 58.8 Å². The van der Waals surface area contributed by atoms with Gasteiger partial charge in [-0.3, -0.25) is 4.79 Å². The lowest BCUT2D eigenvalue weighted by Gasteiger charge is -2.30. The monoisotopic (exact) mass is 454 g/mol. The molecule has 0 bridgehead atoms. The largest absolute Gasteiger partial charge is 0.494 e. The Hall–Kier alpha value is -2.57. The molecule has 2 aromatic rings. The number of carbonyl (C=O) groups is 1. The molecule has 7 heteroatoms. The molecule has 1 aliphatic heterocycles. The van der Waals surface area contributed by atoms with E-state index in [4.69, 9.17) is 9.26 Å². The molecule has 2 aliphatic rings. The van der Waals surface area contributed by atoms with Gasteiger partial charge in [0.15, 0.2) is 5.82 Å². The van der Waals surface area contributed by atoms with E-state index in [0.29, 0.717) is 12.4 Å². The molecule has 33 heavy (non-hydrogen) atoms. The summed E-state index contributed by atoms with van der Waals surface area (Å²) in [4.78, 5) is 20.4. The van der Waals surface area contributed by atoms with Crippen molar-refractivity contribution in [2.75, 3.05) is 38.7 Å². The van der Waals surface area contributed by atoms with Gasteiger partial charge >= 0.3 is 6.01 Å². The number of anilines is 1. The Labute approximate surface area is 197 Å². The van der Waals surface area contributed by atoms with Crippen molar-refractivity contribution in [3.63, 3.8) is 0 Å². The summed E-state index contributed by atoms with van der Waals surface area (Å²) in [5.41, 5.74) is 2.18. The highest BCUT2D eigenvalue weighted by molar-refractivity contribution is 5.78. The lowest BCUT2D eigenvalue weighted by atomic mass is 9.90. The average molecular weight is 455 g/mol. The van der Waals surface area contributed by atoms with Gasteiger partial charge in [0.25, 0.3) is 0 Å². The Morgan fingerprint density at radius 3 is 2.76 bits per heavy atom. The van der Waals surface area contributed by atoms with Gasteiger partial charge in [-0.25, -0.2) is 0 Å². The highest BCUT2D eigenvalue weighted by atomic mass is 16.5. The van der Waals surface area contributed by atoms with Crippen LogP contribution < -0.4 is 9.64 Å². The van der Waals surface area contributed by atoms with Crippen molar-refractivity contribution in [3.8, 4) is 5.75 Å². The van der Waals surface area contributed by atoms with Crippen LogP contribution in [0.4, 0.5) is 6.01 Å². The lowest BCUT2D eigenvalue weighted by Crippen LogP contribution is -2.34. The quantitative estimate of drug-likeness (QED) is 0.534. The lowest BCUT2D eigenvalue weighted by molar-refractivity contribution is -0.127. The standard InChI is InChI=1S/C26H38N4O3/c1-5-6-24-27-26(33-28-24)30-12-9-19(10-13-30)23-16-21(23)11-14-32-22-8-7-20(18(2)15-22)17-25(31)29(3)4/h7-8,15,19,21,23H,5-6,9-14,16-17H2,1-4H3/t21-,23-/m1/s1. The maximum Gasteiger partial charge on any atom is 0.324 e. The predicted octanol–water partition coefficient (Wildman–Crippen LogP) is 4.28. The summed E-state index contributed by atoms with van der Waals surface area (Å²) in [6.45, 7) is 6.97. The van der Waals surface area contributed by atoms with Crippen LogP contribution in [0.15, 0.2) is 22.7 Å². The van der Waals surface area contributed by atoms with Crippen molar-refractivity contribution >= 4 is 11.9 Å². The Bertz CT molecular complexity index is 933. The second-order valence-corrected chi connectivity index (χ2v) is 9.92. The number of hydrogen-bond acceptors (Lipinski definition) is 6. The molecule has 1 amide bonds. The molecule has 1 saturated carbocycles. The molecule has 1 aliphatic carbocycles. The number of amides is 1. The molecule has 2 atom stereocenters. The maximum atomic E-state index is 12.0. The van der Waals surface area contributed by atoms with Crippen molar-refractivity contribution in [2.24, 2.45) is 17.8 Å². The number of ether oxygens (including phenoxy) is 1. The summed E-state index contributed by atoms with van der Waals surface area (Å²) in [5, 5.41) is 4.09. The number of hydrogen-bond donors (Lipinski definition) is 0. The van der Waals surface area contributed by atoms with Crippen molar-refractivity contribution in [1.29, 1.82) is 0 Å². The highest BCUT2D eigenvalue weighted by Gasteiger charge is 2.43. The summed E-state index contributed by atoms with van der Waals surface area (Å²) < 4.78 is 11.5. The van der Waals surface area contributed by atoms with E-state index < -0.39 is 0 Å². The zero-order valence-electron chi connectivity index (χ0n) is 20.5. The number of carbonyl (C=O) groups excluding carboxylic acids is 1. The van der Waals surface area contributed by atoms with Crippen LogP contribution in [0, 0.1) is 24.7 Å². The minimum absolute atomic E-state index is 0.121. The summed E-state index contributed by atoms with van der Waals surface area (Å²) in [7, 11) is 3.58. The van der Waals surface area contributed by atoms with Crippen LogP contribution in [0.1, 0.15) is 56.0 Å². The van der Waals surface area contributed by atoms with Gasteiger partial charge in [0.1, 0.15) is 5.75 Å². The summed E-state index contributed by atoms with van der Waals surface area (Å²) in [6.07, 6.45) is 7.23. The zero-order valence-corrected chi connectivity index (χ0v) is 20.5. The summed E-state index contributed by atoms with van der Waals surface area (Å²) in [5.74, 6) is 4.29. The van der Waals surface area contributed by atoms with Gasteiger partial charge in [-0.1, -0.05) is 18.1 Å². The van der Waals surface area contributed by atoms with Crippen molar-refractivity contribution < 1.29 is 14.1 Å². The second-order valence-electron chi connectivity index (χ2n) is 9.92. The van der Waals surface area contributed by atoms with E-state index in [9.17, 15) is 4.79 Å². The molecule has 0 unspecified atom stereocenters. The Balaban J connectivity index is 1.16. The van der Waals surface area contributed by atoms with E-state index in [1.807, 2.05) is 19.1 Å². The van der Waals surface area contributed by atoms with E-state index >= 15 is 0 Å². The fourth-order valence-corrected chi connectivity index (χ4v) is 5.00. The molecule has 7 nitrogen and oxygen atoms in total. The van der Waals surface area contributed by atoms with Gasteiger partial charge in [-0.15, -0.1) is 0 Å². The first-order valence-electron chi connectivity index (χ1n) is 12.4. The summed E-state index contributed by atoms with van der Waals surface area (Å²) in [6, 6.07) is 6.77. The van der Waals surface area contributed by atoms with Crippen LogP contribution in [0.2, 0.25) is 0 Å². The number of likely N-dealkylation sites (N-methyl/N-ethyl adjacent to an activating group) is 1. The Kier molecular flexibility index (Phi) is 7.56. The van der Waals surface area contributed by atoms with Gasteiger partial charge in [-0.2, -0.15) is 4.98 Å². The first-order valence-corrected chi connectivity index (χ1v) is 12.4. The SMILES string of the molecule is CCCc1noc(N2CCC([C@H]3C[C@H]3CCOc3ccc(CC(=O)N(C)C)c(C)c3)CC2)n1. The van der Waals surface area contributed by atoms with E-state index in [1.165, 1.54) is 19.3 Å². The molecule has 4 rings (SSSR count). The molecule has 0 N–H and O–H groups in total. The zero-order chi connectivity index (χ0) is 23.4. The maximum absolute atomic E-state index is 12.0. The fraction of sp³-hybridized carbons (Fsp3) is 0.654. The van der Waals surface area contributed by atoms with Gasteiger partial charge in [-0.05, 0) is 80.0 Å². The van der Waals surface area contributed by atoms with Gasteiger partial charge < -0.3 is 19.1 Å². The smallest absolute Gasteiger partial charge is 0.324 e. The molecule has 1 saturated heterocycles. The number of rotatable bonds is 10. The minimum atomic E-state index is 0.121. The number of aromatic nitrogens is 2. The van der Waals surface area contributed by atoms with E-state index in [2.05, 4.69) is 28.0 Å². The van der Waals surface area contributed by atoms with E-state index in [-0.39, 0.29) is 5.91 Å². The molecule has 0 spiro atoms. The molecule has 1 aromatic carbocycles. The normalized spacial score (nSPS) is 20.7. The van der Waals surface area contributed by atoms with Crippen LogP contribution in [0.5, 0.6) is 5.75 Å². The van der Waals surface area contributed by atoms with Crippen LogP contribution >= 0.6 is 0 Å². The Morgan fingerprint density at radius 1 is 1.27 bits per heavy atom. The van der Waals surface area contributed by atoms with Crippen molar-refractivity contribution in [3.05, 3.63) is 35.2 Å². The van der Waals surface area contributed by atoms with Crippen molar-refractivity contribution in [1.82, 2.24) is 15.0 Å². The van der Waals surface area contributed by atoms with Crippen LogP contribution in [0.3, 0.4) is 0 Å². The highest BCUT2D eigenvalue weighted by Crippen LogP contribution is 2.50. The number of aryl methyl sites for hydroxylation is 2. The number of piperidine rings is 1. The third-order valence-electron chi connectivity index (χ3n) is 7.24. The minimum Gasteiger partial charge on any atom is -0.494 e. The van der Waals surface area contributed by atoms with Crippen LogP contribution in [-0.4, -0.2) is 54.7 Å². The molecule has 180 valence electrons. The molecule has 2 fully saturated rings. The predicted molar refractivity (Wildman–Crippen MR) is 129 cm³/mol. The van der Waals surface area contributed by atoms with Crippen LogP contribution in [-0.2, 0) is 17.6 Å². The molecule has 0 radical (unpaired) electrons. The molecule has 2 heterocycles. The third-order valence-corrected chi connectivity index (χ3v) is 7.24. The fourth-order valence-electron chi connectivity index (χ4n) is 5.00. The van der Waals surface area contributed by atoms with E-state index in [1.54, 1.807) is 19.0 Å². The van der Waals surface area contributed by atoms with Gasteiger partial charge in [0, 0.05) is 33.6 Å². The number of benzene rings is 1. The third kappa shape index (κ3) is 6.06. The average Bonchev–Trinajstić information content (AvgIpc) is 3.42. The van der Waals surface area contributed by atoms with Gasteiger partial charge in [0.05, 0.1) is 13.0 Å². The summed E-state index contributed by atoms with van der Waals surface area (Å²) >= 11 is 0.